The molecule has 0 atom stereocenters. The molecule has 0 saturated heterocycles. The van der Waals surface area contributed by atoms with Gasteiger partial charge in [0.05, 0.1) is 28.4 Å². The molecule has 0 aliphatic carbocycles. The molecular formula is C47H29N5O. The number of para-hydroxylation sites is 4. The maximum atomic E-state index is 10.7. The lowest BCUT2D eigenvalue weighted by atomic mass is 9.61. The molecule has 3 heterocycles. The minimum absolute atomic E-state index is 0.439. The maximum Gasteiger partial charge on any atom is 0.165 e. The van der Waals surface area contributed by atoms with Crippen LogP contribution in [0.5, 0.6) is 11.5 Å². The van der Waals surface area contributed by atoms with Gasteiger partial charge in [0.2, 0.25) is 0 Å². The molecule has 0 unspecified atom stereocenters. The van der Waals surface area contributed by atoms with Gasteiger partial charge in [0.25, 0.3) is 0 Å². The number of benzene rings is 7. The summed E-state index contributed by atoms with van der Waals surface area (Å²) in [4.78, 5) is 17.0. The summed E-state index contributed by atoms with van der Waals surface area (Å²) >= 11 is 0. The normalized spacial score (nSPS) is 13.2. The van der Waals surface area contributed by atoms with Gasteiger partial charge in [-0.25, -0.2) is 15.0 Å². The Morgan fingerprint density at radius 3 is 1.45 bits per heavy atom. The van der Waals surface area contributed by atoms with Crippen molar-refractivity contribution in [2.24, 2.45) is 0 Å². The van der Waals surface area contributed by atoms with Crippen LogP contribution in [0, 0.1) is 11.3 Å². The zero-order chi connectivity index (χ0) is 35.4. The Morgan fingerprint density at radius 2 is 0.925 bits per heavy atom. The fraction of sp³-hybridized carbons (Fsp3) is 0.0213. The van der Waals surface area contributed by atoms with Gasteiger partial charge in [-0.05, 0) is 53.6 Å². The summed E-state index contributed by atoms with van der Waals surface area (Å²) in [5.74, 6) is 3.20. The molecule has 10 rings (SSSR count). The lowest BCUT2D eigenvalue weighted by Gasteiger charge is -2.48. The van der Waals surface area contributed by atoms with Crippen LogP contribution in [-0.2, 0) is 5.41 Å². The van der Waals surface area contributed by atoms with Crippen LogP contribution in [-0.4, -0.2) is 15.0 Å². The monoisotopic (exact) mass is 679 g/mol. The van der Waals surface area contributed by atoms with Crippen LogP contribution in [0.2, 0.25) is 0 Å². The van der Waals surface area contributed by atoms with E-state index in [-0.39, 0.29) is 0 Å². The highest BCUT2D eigenvalue weighted by Crippen LogP contribution is 2.62. The van der Waals surface area contributed by atoms with Gasteiger partial charge in [-0.2, -0.15) is 5.26 Å². The molecule has 1 spiro atoms. The Morgan fingerprint density at radius 1 is 0.472 bits per heavy atom. The lowest BCUT2D eigenvalue weighted by molar-refractivity contribution is 0.434. The van der Waals surface area contributed by atoms with Crippen molar-refractivity contribution in [3.8, 4) is 51.7 Å². The molecule has 248 valence electrons. The topological polar surface area (TPSA) is 74.9 Å². The third kappa shape index (κ3) is 4.68. The Hall–Kier alpha value is -7.36. The Kier molecular flexibility index (Phi) is 6.98. The zero-order valence-electron chi connectivity index (χ0n) is 28.4. The van der Waals surface area contributed by atoms with Gasteiger partial charge in [0, 0.05) is 33.5 Å². The van der Waals surface area contributed by atoms with Gasteiger partial charge in [0.1, 0.15) is 11.5 Å². The quantitative estimate of drug-likeness (QED) is 0.184. The molecule has 2 aliphatic heterocycles. The number of nitrogens with zero attached hydrogens (tertiary/aromatic N) is 5. The van der Waals surface area contributed by atoms with Crippen LogP contribution in [0.15, 0.2) is 176 Å². The van der Waals surface area contributed by atoms with Crippen LogP contribution >= 0.6 is 0 Å². The van der Waals surface area contributed by atoms with Gasteiger partial charge >= 0.3 is 0 Å². The second-order valence-corrected chi connectivity index (χ2v) is 13.1. The number of hydrogen-bond donors (Lipinski definition) is 0. The molecule has 7 aromatic carbocycles. The molecule has 2 aliphatic rings. The molecular weight excluding hydrogens is 651 g/mol. The summed E-state index contributed by atoms with van der Waals surface area (Å²) in [5, 5.41) is 10.7. The van der Waals surface area contributed by atoms with E-state index in [1.165, 1.54) is 0 Å². The molecule has 0 bridgehead atoms. The number of rotatable bonds is 4. The molecule has 0 saturated carbocycles. The third-order valence-corrected chi connectivity index (χ3v) is 10.2. The number of fused-ring (bicyclic) bond motifs is 8. The van der Waals surface area contributed by atoms with Crippen LogP contribution in [0.4, 0.5) is 17.1 Å². The molecule has 1 aromatic heterocycles. The van der Waals surface area contributed by atoms with E-state index < -0.39 is 5.41 Å². The van der Waals surface area contributed by atoms with Crippen LogP contribution < -0.4 is 9.64 Å². The maximum absolute atomic E-state index is 10.7. The first-order valence-corrected chi connectivity index (χ1v) is 17.5. The summed E-state index contributed by atoms with van der Waals surface area (Å²) in [6, 6.07) is 62.0. The number of aromatic nitrogens is 3. The Bertz CT molecular complexity index is 2590. The highest BCUT2D eigenvalue weighted by Gasteiger charge is 2.51. The second kappa shape index (κ2) is 12.2. The summed E-state index contributed by atoms with van der Waals surface area (Å²) in [6.07, 6.45) is 0. The van der Waals surface area contributed by atoms with Crippen molar-refractivity contribution in [1.82, 2.24) is 15.0 Å². The van der Waals surface area contributed by atoms with Crippen molar-refractivity contribution < 1.29 is 4.74 Å². The van der Waals surface area contributed by atoms with E-state index in [4.69, 9.17) is 19.7 Å². The van der Waals surface area contributed by atoms with E-state index in [0.717, 1.165) is 61.9 Å². The number of anilines is 3. The highest BCUT2D eigenvalue weighted by molar-refractivity contribution is 5.91. The van der Waals surface area contributed by atoms with E-state index in [1.54, 1.807) is 0 Å². The molecule has 0 radical (unpaired) electrons. The van der Waals surface area contributed by atoms with Crippen molar-refractivity contribution in [2.45, 2.75) is 5.41 Å². The molecule has 0 amide bonds. The first kappa shape index (κ1) is 30.5. The van der Waals surface area contributed by atoms with E-state index in [1.807, 2.05) is 84.9 Å². The average molecular weight is 680 g/mol. The standard InChI is InChI=1S/C47H29N5O/c48-30-33-29-34(27-28-35(33)46-50-44(31-15-3-1-4-16-31)49-45(51-46)32-17-5-2-6-18-32)52-40-23-11-7-19-36(40)47(37-20-8-12-24-41(37)52)38-21-9-13-25-42(38)53-43-26-14-10-22-39(43)47/h1-29H. The highest BCUT2D eigenvalue weighted by atomic mass is 16.5. The van der Waals surface area contributed by atoms with Crippen molar-refractivity contribution in [2.75, 3.05) is 4.90 Å². The van der Waals surface area contributed by atoms with Crippen molar-refractivity contribution >= 4 is 17.1 Å². The second-order valence-electron chi connectivity index (χ2n) is 13.1. The molecule has 8 aromatic rings. The van der Waals surface area contributed by atoms with Gasteiger partial charge in [0.15, 0.2) is 17.5 Å². The summed E-state index contributed by atoms with van der Waals surface area (Å²) in [6.45, 7) is 0. The van der Waals surface area contributed by atoms with Crippen molar-refractivity contribution in [1.29, 1.82) is 5.26 Å². The Labute approximate surface area is 306 Å². The molecule has 53 heavy (non-hydrogen) atoms. The fourth-order valence-electron chi connectivity index (χ4n) is 7.99. The van der Waals surface area contributed by atoms with E-state index >= 15 is 0 Å². The molecule has 0 fully saturated rings. The number of nitriles is 1. The van der Waals surface area contributed by atoms with Crippen LogP contribution in [0.3, 0.4) is 0 Å². The van der Waals surface area contributed by atoms with Gasteiger partial charge < -0.3 is 9.64 Å². The number of ether oxygens (including phenoxy) is 1. The predicted octanol–water partition coefficient (Wildman–Crippen LogP) is 11.0. The Balaban J connectivity index is 1.18. The first-order valence-electron chi connectivity index (χ1n) is 17.5. The van der Waals surface area contributed by atoms with E-state index in [0.29, 0.717) is 28.6 Å². The largest absolute Gasteiger partial charge is 0.457 e. The van der Waals surface area contributed by atoms with E-state index in [9.17, 15) is 5.26 Å². The summed E-state index contributed by atoms with van der Waals surface area (Å²) in [7, 11) is 0. The minimum Gasteiger partial charge on any atom is -0.457 e. The van der Waals surface area contributed by atoms with Crippen molar-refractivity contribution in [3.05, 3.63) is 204 Å². The lowest BCUT2D eigenvalue weighted by Crippen LogP contribution is -2.39. The third-order valence-electron chi connectivity index (χ3n) is 10.2. The SMILES string of the molecule is N#Cc1cc(N2c3ccccc3C3(c4ccccc4Oc4ccccc43)c3ccccc32)ccc1-c1nc(-c2ccccc2)nc(-c2ccccc2)n1. The molecule has 0 N–H and O–H groups in total. The van der Waals surface area contributed by atoms with Crippen LogP contribution in [0.1, 0.15) is 27.8 Å². The predicted molar refractivity (Wildman–Crippen MR) is 207 cm³/mol. The van der Waals surface area contributed by atoms with Crippen molar-refractivity contribution in [3.63, 3.8) is 0 Å². The van der Waals surface area contributed by atoms with E-state index in [2.05, 4.69) is 102 Å². The van der Waals surface area contributed by atoms with Gasteiger partial charge in [-0.1, -0.05) is 133 Å². The average Bonchev–Trinajstić information content (AvgIpc) is 3.24. The molecule has 6 nitrogen and oxygen atoms in total. The summed E-state index contributed by atoms with van der Waals surface area (Å²) in [5.41, 5.74) is 9.52. The molecule has 6 heteroatoms. The minimum atomic E-state index is -0.639. The zero-order valence-corrected chi connectivity index (χ0v) is 28.4. The van der Waals surface area contributed by atoms with Gasteiger partial charge in [-0.3, -0.25) is 0 Å². The van der Waals surface area contributed by atoms with Gasteiger partial charge in [-0.15, -0.1) is 0 Å². The first-order chi connectivity index (χ1) is 26.2. The summed E-state index contributed by atoms with van der Waals surface area (Å²) < 4.78 is 6.54. The number of hydrogen-bond acceptors (Lipinski definition) is 6. The smallest absolute Gasteiger partial charge is 0.165 e. The fourth-order valence-corrected chi connectivity index (χ4v) is 7.99. The van der Waals surface area contributed by atoms with Crippen LogP contribution in [0.25, 0.3) is 34.2 Å².